The van der Waals surface area contributed by atoms with Crippen molar-refractivity contribution in [1.29, 1.82) is 0 Å². The molecule has 0 saturated heterocycles. The van der Waals surface area contributed by atoms with Crippen molar-refractivity contribution in [2.75, 3.05) is 0 Å². The van der Waals surface area contributed by atoms with Crippen molar-refractivity contribution in [1.82, 2.24) is 0 Å². The van der Waals surface area contributed by atoms with E-state index in [0.717, 1.165) is 11.8 Å². The first kappa shape index (κ1) is 12.3. The molecular weight excluding hydrogens is 208 g/mol. The largest absolute Gasteiger partial charge is 0.513 e. The minimum Gasteiger partial charge on any atom is -0.426 e. The summed E-state index contributed by atoms with van der Waals surface area (Å²) in [5.74, 6) is 2.49. The molecule has 0 heterocycles. The Kier molecular flexibility index (Phi) is 4.15. The van der Waals surface area contributed by atoms with Gasteiger partial charge < -0.3 is 14.6 Å². The maximum absolute atomic E-state index is 11.1. The molecule has 1 aliphatic carbocycles. The van der Waals surface area contributed by atoms with Crippen LogP contribution in [0.15, 0.2) is 24.0 Å². The van der Waals surface area contributed by atoms with Crippen LogP contribution >= 0.6 is 0 Å². The second-order valence-electron chi connectivity index (χ2n) is 3.54. The van der Waals surface area contributed by atoms with E-state index in [0.29, 0.717) is 18.4 Å². The number of hydrogen-bond acceptors (Lipinski definition) is 4. The third kappa shape index (κ3) is 2.88. The first-order chi connectivity index (χ1) is 7.58. The van der Waals surface area contributed by atoms with Crippen molar-refractivity contribution in [3.05, 3.63) is 24.0 Å². The molecule has 2 atom stereocenters. The molecule has 0 aromatic carbocycles. The van der Waals surface area contributed by atoms with Crippen LogP contribution in [-0.2, 0) is 9.47 Å². The van der Waals surface area contributed by atoms with Crippen LogP contribution in [-0.4, -0.2) is 23.5 Å². The van der Waals surface area contributed by atoms with Crippen LogP contribution in [0.25, 0.3) is 0 Å². The lowest BCUT2D eigenvalue weighted by Crippen LogP contribution is -2.30. The topological polar surface area (TPSA) is 55.8 Å². The lowest BCUT2D eigenvalue weighted by Gasteiger charge is -2.27. The molecule has 0 aromatic heterocycles. The van der Waals surface area contributed by atoms with Crippen molar-refractivity contribution in [3.8, 4) is 12.3 Å². The molecule has 0 fully saturated rings. The van der Waals surface area contributed by atoms with E-state index >= 15 is 0 Å². The van der Waals surface area contributed by atoms with Gasteiger partial charge in [0, 0.05) is 18.4 Å². The summed E-state index contributed by atoms with van der Waals surface area (Å²) in [6.45, 7) is 5.03. The molecule has 1 aliphatic rings. The molecule has 0 amide bonds. The molecule has 0 bridgehead atoms. The van der Waals surface area contributed by atoms with Crippen molar-refractivity contribution in [2.24, 2.45) is 0 Å². The van der Waals surface area contributed by atoms with E-state index in [4.69, 9.17) is 11.2 Å². The fourth-order valence-corrected chi connectivity index (χ4v) is 1.62. The summed E-state index contributed by atoms with van der Waals surface area (Å²) >= 11 is 0. The van der Waals surface area contributed by atoms with Crippen LogP contribution in [0.4, 0.5) is 4.79 Å². The molecule has 0 saturated carbocycles. The Morgan fingerprint density at radius 3 is 3.00 bits per heavy atom. The first-order valence-corrected chi connectivity index (χ1v) is 4.91. The number of aliphatic hydroxyl groups is 1. The van der Waals surface area contributed by atoms with Crippen LogP contribution < -0.4 is 0 Å². The van der Waals surface area contributed by atoms with Gasteiger partial charge in [0.05, 0.1) is 12.4 Å². The molecule has 0 aliphatic heterocycles. The van der Waals surface area contributed by atoms with E-state index in [2.05, 4.69) is 17.2 Å². The zero-order chi connectivity index (χ0) is 12.1. The highest BCUT2D eigenvalue weighted by molar-refractivity contribution is 5.61. The van der Waals surface area contributed by atoms with E-state index in [1.165, 1.54) is 0 Å². The third-order valence-electron chi connectivity index (χ3n) is 2.48. The van der Waals surface area contributed by atoms with Gasteiger partial charge in [-0.3, -0.25) is 0 Å². The van der Waals surface area contributed by atoms with E-state index in [1.807, 2.05) is 0 Å². The summed E-state index contributed by atoms with van der Waals surface area (Å²) in [5.41, 5.74) is 1.46. The van der Waals surface area contributed by atoms with Gasteiger partial charge in [-0.05, 0) is 12.5 Å². The van der Waals surface area contributed by atoms with Gasteiger partial charge in [-0.1, -0.05) is 12.5 Å². The van der Waals surface area contributed by atoms with Gasteiger partial charge in [0.2, 0.25) is 0 Å². The number of terminal acetylenes is 1. The summed E-state index contributed by atoms with van der Waals surface area (Å²) in [6.07, 6.45) is 5.10. The molecule has 1 rings (SSSR count). The van der Waals surface area contributed by atoms with E-state index in [-0.39, 0.29) is 0 Å². The molecule has 86 valence electrons. The normalized spacial score (nSPS) is 24.6. The van der Waals surface area contributed by atoms with Crippen molar-refractivity contribution in [2.45, 2.75) is 32.0 Å². The van der Waals surface area contributed by atoms with Crippen LogP contribution in [0.5, 0.6) is 0 Å². The Hall–Kier alpha value is -1.73. The SMILES string of the molecule is C#CC1=C(C)[C@@H](OC(=O)OC=C)C[C@@H](O)C1. The van der Waals surface area contributed by atoms with Gasteiger partial charge >= 0.3 is 6.16 Å². The Bertz CT molecular complexity index is 362. The molecule has 16 heavy (non-hydrogen) atoms. The van der Waals surface area contributed by atoms with Crippen molar-refractivity contribution < 1.29 is 19.4 Å². The molecule has 0 radical (unpaired) electrons. The number of rotatable bonds is 2. The summed E-state index contributed by atoms with van der Waals surface area (Å²) < 4.78 is 9.44. The highest BCUT2D eigenvalue weighted by Crippen LogP contribution is 2.27. The van der Waals surface area contributed by atoms with Crippen LogP contribution in [0.3, 0.4) is 0 Å². The molecule has 0 aromatic rings. The van der Waals surface area contributed by atoms with Gasteiger partial charge in [0.15, 0.2) is 0 Å². The fourth-order valence-electron chi connectivity index (χ4n) is 1.62. The second-order valence-corrected chi connectivity index (χ2v) is 3.54. The molecule has 4 nitrogen and oxygen atoms in total. The predicted molar refractivity (Wildman–Crippen MR) is 58.3 cm³/mol. The minimum atomic E-state index is -0.843. The Balaban J connectivity index is 2.76. The third-order valence-corrected chi connectivity index (χ3v) is 2.48. The maximum Gasteiger partial charge on any atom is 0.513 e. The van der Waals surface area contributed by atoms with E-state index in [1.54, 1.807) is 6.92 Å². The minimum absolute atomic E-state index is 0.337. The highest BCUT2D eigenvalue weighted by Gasteiger charge is 2.28. The monoisotopic (exact) mass is 222 g/mol. The van der Waals surface area contributed by atoms with Crippen LogP contribution in [0.2, 0.25) is 0 Å². The molecule has 0 unspecified atom stereocenters. The maximum atomic E-state index is 11.1. The average molecular weight is 222 g/mol. The average Bonchev–Trinajstić information content (AvgIpc) is 2.23. The standard InChI is InChI=1S/C12H14O4/c1-4-9-6-10(13)7-11(8(9)3)16-12(14)15-5-2/h1,5,10-11,13H,2,6-7H2,3H3/t10-,11-/m0/s1. The summed E-state index contributed by atoms with van der Waals surface area (Å²) in [6, 6.07) is 0. The van der Waals surface area contributed by atoms with Gasteiger partial charge in [-0.25, -0.2) is 4.79 Å². The smallest absolute Gasteiger partial charge is 0.426 e. The van der Waals surface area contributed by atoms with Gasteiger partial charge in [-0.15, -0.1) is 6.42 Å². The molecule has 0 spiro atoms. The second kappa shape index (κ2) is 5.38. The predicted octanol–water partition coefficient (Wildman–Crippen LogP) is 1.76. The quantitative estimate of drug-likeness (QED) is 0.439. The van der Waals surface area contributed by atoms with Crippen LogP contribution in [0.1, 0.15) is 19.8 Å². The van der Waals surface area contributed by atoms with Gasteiger partial charge in [0.1, 0.15) is 6.10 Å². The number of aliphatic hydroxyl groups excluding tert-OH is 1. The first-order valence-electron chi connectivity index (χ1n) is 4.91. The Morgan fingerprint density at radius 2 is 2.44 bits per heavy atom. The molecule has 4 heteroatoms. The van der Waals surface area contributed by atoms with E-state index in [9.17, 15) is 9.90 Å². The Morgan fingerprint density at radius 1 is 1.75 bits per heavy atom. The number of hydrogen-bond donors (Lipinski definition) is 1. The van der Waals surface area contributed by atoms with Gasteiger partial charge in [0.25, 0.3) is 0 Å². The lowest BCUT2D eigenvalue weighted by molar-refractivity contribution is 0.0299. The zero-order valence-electron chi connectivity index (χ0n) is 9.10. The molecule has 1 N–H and O–H groups in total. The van der Waals surface area contributed by atoms with E-state index < -0.39 is 18.4 Å². The number of carbonyl (C=O) groups excluding carboxylic acids is 1. The summed E-state index contributed by atoms with van der Waals surface area (Å²) in [4.78, 5) is 11.1. The van der Waals surface area contributed by atoms with Crippen molar-refractivity contribution in [3.63, 3.8) is 0 Å². The number of ether oxygens (including phenoxy) is 2. The lowest BCUT2D eigenvalue weighted by atomic mass is 9.89. The summed E-state index contributed by atoms with van der Waals surface area (Å²) in [5, 5.41) is 9.56. The highest BCUT2D eigenvalue weighted by atomic mass is 16.7. The fraction of sp³-hybridized carbons (Fsp3) is 0.417. The molecular formula is C12H14O4. The Labute approximate surface area is 94.6 Å². The zero-order valence-corrected chi connectivity index (χ0v) is 9.10. The number of carbonyl (C=O) groups is 1. The van der Waals surface area contributed by atoms with Crippen LogP contribution in [0, 0.1) is 12.3 Å². The van der Waals surface area contributed by atoms with Gasteiger partial charge in [-0.2, -0.15) is 0 Å². The summed E-state index contributed by atoms with van der Waals surface area (Å²) in [7, 11) is 0. The van der Waals surface area contributed by atoms with Crippen molar-refractivity contribution >= 4 is 6.16 Å².